The van der Waals surface area contributed by atoms with Crippen LogP contribution in [-0.2, 0) is 10.8 Å². The molecule has 1 aliphatic heterocycles. The van der Waals surface area contributed by atoms with Gasteiger partial charge in [-0.25, -0.2) is 0 Å². The van der Waals surface area contributed by atoms with Crippen LogP contribution in [0, 0.1) is 0 Å². The van der Waals surface area contributed by atoms with Gasteiger partial charge in [-0.1, -0.05) is 26.2 Å². The molecule has 90 valence electrons. The van der Waals surface area contributed by atoms with Crippen LogP contribution >= 0.6 is 0 Å². The molecule has 0 amide bonds. The first-order chi connectivity index (χ1) is 7.16. The molecule has 0 radical (unpaired) electrons. The van der Waals surface area contributed by atoms with E-state index in [0.29, 0.717) is 11.3 Å². The van der Waals surface area contributed by atoms with E-state index in [1.165, 1.54) is 32.2 Å². The van der Waals surface area contributed by atoms with Crippen molar-refractivity contribution in [1.29, 1.82) is 0 Å². The Kier molecular flexibility index (Phi) is 5.83. The maximum absolute atomic E-state index is 11.6. The summed E-state index contributed by atoms with van der Waals surface area (Å²) in [5.74, 6) is 0.874. The highest BCUT2D eigenvalue weighted by molar-refractivity contribution is 7.85. The van der Waals surface area contributed by atoms with Gasteiger partial charge in [-0.2, -0.15) is 0 Å². The topological polar surface area (TPSA) is 20.3 Å². The van der Waals surface area contributed by atoms with Gasteiger partial charge < -0.3 is 0 Å². The van der Waals surface area contributed by atoms with Crippen LogP contribution in [0.5, 0.6) is 0 Å². The number of nitrogens with zero attached hydrogens (tertiary/aromatic N) is 1. The smallest absolute Gasteiger partial charge is 0.0473 e. The SMILES string of the molecule is CCCCCCN1CC[S@@](=O)[C@H](C)[C@@H]1C. The van der Waals surface area contributed by atoms with Gasteiger partial charge in [0.1, 0.15) is 0 Å². The molecule has 0 aromatic rings. The maximum atomic E-state index is 11.6. The first-order valence-electron chi connectivity index (χ1n) is 6.28. The summed E-state index contributed by atoms with van der Waals surface area (Å²) in [4.78, 5) is 2.52. The molecule has 2 nitrogen and oxygen atoms in total. The molecule has 0 bridgehead atoms. The fourth-order valence-corrected chi connectivity index (χ4v) is 3.57. The van der Waals surface area contributed by atoms with Gasteiger partial charge in [0.15, 0.2) is 0 Å². The molecule has 0 saturated carbocycles. The fraction of sp³-hybridized carbons (Fsp3) is 1.00. The van der Waals surface area contributed by atoms with Crippen molar-refractivity contribution in [3.8, 4) is 0 Å². The third kappa shape index (κ3) is 3.87. The van der Waals surface area contributed by atoms with E-state index < -0.39 is 10.8 Å². The first kappa shape index (κ1) is 13.2. The van der Waals surface area contributed by atoms with E-state index in [-0.39, 0.29) is 0 Å². The van der Waals surface area contributed by atoms with E-state index >= 15 is 0 Å². The number of rotatable bonds is 5. The molecule has 0 aromatic carbocycles. The van der Waals surface area contributed by atoms with Crippen LogP contribution in [-0.4, -0.2) is 39.2 Å². The Hall–Kier alpha value is 0.110. The number of hydrogen-bond acceptors (Lipinski definition) is 2. The minimum absolute atomic E-state index is 0.352. The molecule has 0 N–H and O–H groups in total. The second kappa shape index (κ2) is 6.64. The van der Waals surface area contributed by atoms with Crippen molar-refractivity contribution in [1.82, 2.24) is 4.90 Å². The van der Waals surface area contributed by atoms with E-state index in [1.807, 2.05) is 0 Å². The molecule has 3 atom stereocenters. The monoisotopic (exact) mass is 231 g/mol. The molecule has 1 aliphatic rings. The number of unbranched alkanes of at least 4 members (excludes halogenated alkanes) is 3. The molecule has 1 heterocycles. The highest BCUT2D eigenvalue weighted by atomic mass is 32.2. The Morgan fingerprint density at radius 2 is 2.00 bits per heavy atom. The van der Waals surface area contributed by atoms with Crippen molar-refractivity contribution in [3.05, 3.63) is 0 Å². The summed E-state index contributed by atoms with van der Waals surface area (Å²) < 4.78 is 11.6. The van der Waals surface area contributed by atoms with E-state index in [2.05, 4.69) is 25.7 Å². The average Bonchev–Trinajstić information content (AvgIpc) is 2.24. The second-order valence-corrected chi connectivity index (χ2v) is 6.54. The molecular weight excluding hydrogens is 206 g/mol. The molecule has 15 heavy (non-hydrogen) atoms. The van der Waals surface area contributed by atoms with Crippen LogP contribution in [0.2, 0.25) is 0 Å². The third-order valence-corrected chi connectivity index (χ3v) is 5.36. The molecule has 1 rings (SSSR count). The van der Waals surface area contributed by atoms with Crippen LogP contribution < -0.4 is 0 Å². The quantitative estimate of drug-likeness (QED) is 0.677. The molecule has 3 heteroatoms. The first-order valence-corrected chi connectivity index (χ1v) is 7.66. The van der Waals surface area contributed by atoms with Crippen molar-refractivity contribution in [2.45, 2.75) is 57.7 Å². The van der Waals surface area contributed by atoms with Gasteiger partial charge >= 0.3 is 0 Å². The number of hydrogen-bond donors (Lipinski definition) is 0. The van der Waals surface area contributed by atoms with Crippen LogP contribution in [0.3, 0.4) is 0 Å². The second-order valence-electron chi connectivity index (χ2n) is 4.63. The maximum Gasteiger partial charge on any atom is 0.0473 e. The van der Waals surface area contributed by atoms with Crippen LogP contribution in [0.4, 0.5) is 0 Å². The lowest BCUT2D eigenvalue weighted by Crippen LogP contribution is -2.49. The zero-order chi connectivity index (χ0) is 11.3. The van der Waals surface area contributed by atoms with Crippen molar-refractivity contribution >= 4 is 10.8 Å². The Morgan fingerprint density at radius 1 is 1.27 bits per heavy atom. The third-order valence-electron chi connectivity index (χ3n) is 3.55. The van der Waals surface area contributed by atoms with Crippen molar-refractivity contribution < 1.29 is 4.21 Å². The highest BCUT2D eigenvalue weighted by Gasteiger charge is 2.29. The molecule has 1 fully saturated rings. The van der Waals surface area contributed by atoms with Gasteiger partial charge in [-0.15, -0.1) is 0 Å². The molecule has 1 saturated heterocycles. The van der Waals surface area contributed by atoms with Gasteiger partial charge in [-0.3, -0.25) is 9.11 Å². The summed E-state index contributed by atoms with van der Waals surface area (Å²) in [5, 5.41) is 0.352. The van der Waals surface area contributed by atoms with Crippen LogP contribution in [0.1, 0.15) is 46.5 Å². The van der Waals surface area contributed by atoms with Gasteiger partial charge in [-0.05, 0) is 26.8 Å². The Labute approximate surface area is 96.9 Å². The Balaban J connectivity index is 2.26. The summed E-state index contributed by atoms with van der Waals surface area (Å²) in [5.41, 5.74) is 0. The van der Waals surface area contributed by atoms with Crippen LogP contribution in [0.15, 0.2) is 0 Å². The average molecular weight is 231 g/mol. The summed E-state index contributed by atoms with van der Waals surface area (Å²) in [6.45, 7) is 8.82. The summed E-state index contributed by atoms with van der Waals surface area (Å²) in [6.07, 6.45) is 5.30. The van der Waals surface area contributed by atoms with E-state index in [1.54, 1.807) is 0 Å². The van der Waals surface area contributed by atoms with Gasteiger partial charge in [0.05, 0.1) is 0 Å². The Morgan fingerprint density at radius 3 is 2.67 bits per heavy atom. The van der Waals surface area contributed by atoms with Gasteiger partial charge in [0, 0.05) is 34.4 Å². The standard InChI is InChI=1S/C12H25NOS/c1-4-5-6-7-8-13-9-10-15(14)12(3)11(13)2/h11-12H,4-10H2,1-3H3/t11-,12+,15+/m0/s1. The fourth-order valence-electron chi connectivity index (χ4n) is 2.17. The minimum Gasteiger partial charge on any atom is -0.299 e. The Bertz CT molecular complexity index is 208. The zero-order valence-electron chi connectivity index (χ0n) is 10.4. The lowest BCUT2D eigenvalue weighted by molar-refractivity contribution is 0.205. The summed E-state index contributed by atoms with van der Waals surface area (Å²) >= 11 is 0. The van der Waals surface area contributed by atoms with Crippen molar-refractivity contribution in [3.63, 3.8) is 0 Å². The van der Waals surface area contributed by atoms with E-state index in [9.17, 15) is 4.21 Å². The van der Waals surface area contributed by atoms with Crippen molar-refractivity contribution in [2.24, 2.45) is 0 Å². The zero-order valence-corrected chi connectivity index (χ0v) is 11.2. The van der Waals surface area contributed by atoms with Gasteiger partial charge in [0.2, 0.25) is 0 Å². The van der Waals surface area contributed by atoms with Crippen LogP contribution in [0.25, 0.3) is 0 Å². The predicted octanol–water partition coefficient (Wildman–Crippen LogP) is 2.41. The van der Waals surface area contributed by atoms with Crippen molar-refractivity contribution in [2.75, 3.05) is 18.8 Å². The van der Waals surface area contributed by atoms with E-state index in [4.69, 9.17) is 0 Å². The highest BCUT2D eigenvalue weighted by Crippen LogP contribution is 2.17. The molecule has 0 spiro atoms. The van der Waals surface area contributed by atoms with E-state index in [0.717, 1.165) is 12.3 Å². The summed E-state index contributed by atoms with van der Waals surface area (Å²) in [7, 11) is -0.586. The molecular formula is C12H25NOS. The lowest BCUT2D eigenvalue weighted by Gasteiger charge is -2.37. The largest absolute Gasteiger partial charge is 0.299 e. The molecule has 0 unspecified atom stereocenters. The predicted molar refractivity (Wildman–Crippen MR) is 67.6 cm³/mol. The minimum atomic E-state index is -0.586. The lowest BCUT2D eigenvalue weighted by atomic mass is 10.1. The van der Waals surface area contributed by atoms with Gasteiger partial charge in [0.25, 0.3) is 0 Å². The molecule has 0 aliphatic carbocycles. The normalized spacial score (nSPS) is 33.1. The summed E-state index contributed by atoms with van der Waals surface area (Å²) in [6, 6.07) is 0.501. The molecule has 0 aromatic heterocycles.